The lowest BCUT2D eigenvalue weighted by Gasteiger charge is -2.33. The lowest BCUT2D eigenvalue weighted by Crippen LogP contribution is -2.36. The molecule has 1 saturated heterocycles. The largest absolute Gasteiger partial charge is 0.355 e. The van der Waals surface area contributed by atoms with Crippen molar-refractivity contribution in [3.05, 3.63) is 30.5 Å². The Morgan fingerprint density at radius 3 is 2.58 bits per heavy atom. The van der Waals surface area contributed by atoms with Crippen molar-refractivity contribution < 1.29 is 0 Å². The third kappa shape index (κ3) is 2.66. The SMILES string of the molecule is CC(Cl)C1CCN(c2cnc3ccccc3n2)CC1. The summed E-state index contributed by atoms with van der Waals surface area (Å²) in [7, 11) is 0. The second-order valence-electron chi connectivity index (χ2n) is 5.22. The van der Waals surface area contributed by atoms with Crippen molar-refractivity contribution in [2.24, 2.45) is 5.92 Å². The van der Waals surface area contributed by atoms with Crippen LogP contribution in [-0.2, 0) is 0 Å². The number of hydrogen-bond donors (Lipinski definition) is 0. The highest BCUT2D eigenvalue weighted by atomic mass is 35.5. The van der Waals surface area contributed by atoms with Gasteiger partial charge in [-0.3, -0.25) is 4.98 Å². The lowest BCUT2D eigenvalue weighted by molar-refractivity contribution is 0.399. The van der Waals surface area contributed by atoms with E-state index in [-0.39, 0.29) is 5.38 Å². The van der Waals surface area contributed by atoms with Crippen molar-refractivity contribution in [3.8, 4) is 0 Å². The molecule has 0 saturated carbocycles. The van der Waals surface area contributed by atoms with Crippen LogP contribution in [0.3, 0.4) is 0 Å². The summed E-state index contributed by atoms with van der Waals surface area (Å²) in [5, 5.41) is 0.268. The van der Waals surface area contributed by atoms with Gasteiger partial charge in [0.05, 0.1) is 17.2 Å². The molecule has 0 N–H and O–H groups in total. The van der Waals surface area contributed by atoms with Crippen LogP contribution in [0.4, 0.5) is 5.82 Å². The van der Waals surface area contributed by atoms with Gasteiger partial charge in [-0.25, -0.2) is 4.98 Å². The number of piperidine rings is 1. The molecule has 0 aliphatic carbocycles. The summed E-state index contributed by atoms with van der Waals surface area (Å²) in [6.45, 7) is 4.14. The van der Waals surface area contributed by atoms with Crippen LogP contribution in [0.2, 0.25) is 0 Å². The summed E-state index contributed by atoms with van der Waals surface area (Å²) in [5.41, 5.74) is 1.92. The number of alkyl halides is 1. The number of aromatic nitrogens is 2. The topological polar surface area (TPSA) is 29.0 Å². The summed E-state index contributed by atoms with van der Waals surface area (Å²) >= 11 is 6.18. The van der Waals surface area contributed by atoms with Gasteiger partial charge >= 0.3 is 0 Å². The predicted molar refractivity (Wildman–Crippen MR) is 79.8 cm³/mol. The molecule has 4 heteroatoms. The fraction of sp³-hybridized carbons (Fsp3) is 0.467. The molecule has 19 heavy (non-hydrogen) atoms. The number of para-hydroxylation sites is 2. The van der Waals surface area contributed by atoms with E-state index in [9.17, 15) is 0 Å². The monoisotopic (exact) mass is 275 g/mol. The first-order valence-electron chi connectivity index (χ1n) is 6.85. The van der Waals surface area contributed by atoms with Gasteiger partial charge in [0.1, 0.15) is 5.82 Å². The predicted octanol–water partition coefficient (Wildman–Crippen LogP) is 3.47. The molecular formula is C15H18ClN3. The van der Waals surface area contributed by atoms with Crippen molar-refractivity contribution in [1.29, 1.82) is 0 Å². The van der Waals surface area contributed by atoms with Crippen LogP contribution >= 0.6 is 11.6 Å². The van der Waals surface area contributed by atoms with Gasteiger partial charge in [0.25, 0.3) is 0 Å². The molecular weight excluding hydrogens is 258 g/mol. The Hall–Kier alpha value is -1.35. The van der Waals surface area contributed by atoms with Crippen LogP contribution in [0, 0.1) is 5.92 Å². The van der Waals surface area contributed by atoms with Crippen LogP contribution in [-0.4, -0.2) is 28.4 Å². The zero-order valence-corrected chi connectivity index (χ0v) is 11.8. The Morgan fingerprint density at radius 1 is 1.21 bits per heavy atom. The maximum atomic E-state index is 6.18. The summed E-state index contributed by atoms with van der Waals surface area (Å²) in [5.74, 6) is 1.62. The van der Waals surface area contributed by atoms with E-state index in [4.69, 9.17) is 16.6 Å². The molecule has 0 amide bonds. The van der Waals surface area contributed by atoms with Crippen LogP contribution < -0.4 is 4.90 Å². The second kappa shape index (κ2) is 5.33. The number of halogens is 1. The minimum absolute atomic E-state index is 0.268. The quantitative estimate of drug-likeness (QED) is 0.786. The van der Waals surface area contributed by atoms with E-state index in [0.717, 1.165) is 42.8 Å². The number of nitrogens with zero attached hydrogens (tertiary/aromatic N) is 3. The molecule has 1 aromatic heterocycles. The fourth-order valence-electron chi connectivity index (χ4n) is 2.69. The summed E-state index contributed by atoms with van der Waals surface area (Å²) in [6.07, 6.45) is 4.16. The average molecular weight is 276 g/mol. The van der Waals surface area contributed by atoms with Crippen molar-refractivity contribution in [3.63, 3.8) is 0 Å². The lowest BCUT2D eigenvalue weighted by atomic mass is 9.94. The molecule has 3 nitrogen and oxygen atoms in total. The van der Waals surface area contributed by atoms with Gasteiger partial charge in [0, 0.05) is 18.5 Å². The molecule has 2 heterocycles. The molecule has 1 fully saturated rings. The first-order chi connectivity index (χ1) is 9.24. The molecule has 1 atom stereocenters. The Kier molecular flexibility index (Phi) is 3.56. The Bertz CT molecular complexity index is 562. The molecule has 0 spiro atoms. The zero-order valence-electron chi connectivity index (χ0n) is 11.1. The zero-order chi connectivity index (χ0) is 13.2. The van der Waals surface area contributed by atoms with Gasteiger partial charge in [0.15, 0.2) is 0 Å². The van der Waals surface area contributed by atoms with Crippen LogP contribution in [0.15, 0.2) is 30.5 Å². The van der Waals surface area contributed by atoms with Gasteiger partial charge in [-0.1, -0.05) is 12.1 Å². The minimum atomic E-state index is 0.268. The average Bonchev–Trinajstić information content (AvgIpc) is 2.47. The van der Waals surface area contributed by atoms with E-state index in [1.807, 2.05) is 30.5 Å². The van der Waals surface area contributed by atoms with Crippen LogP contribution in [0.5, 0.6) is 0 Å². The van der Waals surface area contributed by atoms with Gasteiger partial charge < -0.3 is 4.90 Å². The Labute approximate surface area is 118 Å². The smallest absolute Gasteiger partial charge is 0.147 e. The molecule has 100 valence electrons. The first kappa shape index (κ1) is 12.7. The van der Waals surface area contributed by atoms with Crippen molar-refractivity contribution in [1.82, 2.24) is 9.97 Å². The molecule has 3 rings (SSSR count). The van der Waals surface area contributed by atoms with E-state index >= 15 is 0 Å². The van der Waals surface area contributed by atoms with Gasteiger partial charge in [-0.15, -0.1) is 11.6 Å². The third-order valence-corrected chi connectivity index (χ3v) is 4.31. The maximum Gasteiger partial charge on any atom is 0.147 e. The number of anilines is 1. The van der Waals surface area contributed by atoms with Crippen molar-refractivity contribution in [2.75, 3.05) is 18.0 Å². The molecule has 1 unspecified atom stereocenters. The third-order valence-electron chi connectivity index (χ3n) is 3.95. The van der Waals surface area contributed by atoms with Gasteiger partial charge in [-0.2, -0.15) is 0 Å². The highest BCUT2D eigenvalue weighted by molar-refractivity contribution is 6.20. The summed E-state index contributed by atoms with van der Waals surface area (Å²) < 4.78 is 0. The number of benzene rings is 1. The van der Waals surface area contributed by atoms with E-state index in [1.54, 1.807) is 0 Å². The Balaban J connectivity index is 1.78. The number of hydrogen-bond acceptors (Lipinski definition) is 3. The summed E-state index contributed by atoms with van der Waals surface area (Å²) in [6, 6.07) is 8.00. The molecule has 1 aliphatic rings. The van der Waals surface area contributed by atoms with E-state index in [2.05, 4.69) is 16.8 Å². The Morgan fingerprint density at radius 2 is 1.89 bits per heavy atom. The minimum Gasteiger partial charge on any atom is -0.355 e. The first-order valence-corrected chi connectivity index (χ1v) is 7.28. The van der Waals surface area contributed by atoms with Crippen LogP contribution in [0.25, 0.3) is 11.0 Å². The normalized spacial score (nSPS) is 18.7. The van der Waals surface area contributed by atoms with Crippen molar-refractivity contribution in [2.45, 2.75) is 25.1 Å². The molecule has 1 aliphatic heterocycles. The van der Waals surface area contributed by atoms with E-state index in [1.165, 1.54) is 0 Å². The highest BCUT2D eigenvalue weighted by Gasteiger charge is 2.23. The van der Waals surface area contributed by atoms with Gasteiger partial charge in [-0.05, 0) is 37.8 Å². The fourth-order valence-corrected chi connectivity index (χ4v) is 2.94. The standard InChI is InChI=1S/C15H18ClN3/c1-11(16)12-6-8-19(9-7-12)15-10-17-13-4-2-3-5-14(13)18-15/h2-5,10-12H,6-9H2,1H3. The molecule has 2 aromatic rings. The molecule has 0 bridgehead atoms. The number of rotatable bonds is 2. The highest BCUT2D eigenvalue weighted by Crippen LogP contribution is 2.26. The van der Waals surface area contributed by atoms with E-state index in [0.29, 0.717) is 5.92 Å². The van der Waals surface area contributed by atoms with Gasteiger partial charge in [0.2, 0.25) is 0 Å². The van der Waals surface area contributed by atoms with Crippen LogP contribution in [0.1, 0.15) is 19.8 Å². The van der Waals surface area contributed by atoms with Crippen molar-refractivity contribution >= 4 is 28.5 Å². The number of fused-ring (bicyclic) bond motifs is 1. The second-order valence-corrected chi connectivity index (χ2v) is 5.91. The van der Waals surface area contributed by atoms with E-state index < -0.39 is 0 Å². The summed E-state index contributed by atoms with van der Waals surface area (Å²) in [4.78, 5) is 11.5. The maximum absolute atomic E-state index is 6.18. The molecule has 1 aromatic carbocycles. The molecule has 0 radical (unpaired) electrons.